The molecular weight excluding hydrogens is 441 g/mol. The Morgan fingerprint density at radius 3 is 2.45 bits per heavy atom. The molecule has 0 spiro atoms. The molecule has 3 aromatic rings. The Morgan fingerprint density at radius 2 is 1.85 bits per heavy atom. The van der Waals surface area contributed by atoms with Crippen LogP contribution in [0.1, 0.15) is 31.0 Å². The highest BCUT2D eigenvalue weighted by Gasteiger charge is 2.33. The Morgan fingerprint density at radius 1 is 1.18 bits per heavy atom. The maximum atomic E-state index is 13.6. The van der Waals surface area contributed by atoms with Gasteiger partial charge < -0.3 is 9.64 Å². The fourth-order valence-electron chi connectivity index (χ4n) is 3.77. The minimum Gasteiger partial charge on any atom is -0.463 e. The van der Waals surface area contributed by atoms with Crippen LogP contribution in [0.3, 0.4) is 0 Å². The molecule has 1 atom stereocenters. The maximum Gasteiger partial charge on any atom is 0.338 e. The molecule has 0 radical (unpaired) electrons. The van der Waals surface area contributed by atoms with Gasteiger partial charge in [0.15, 0.2) is 4.80 Å². The average Bonchev–Trinajstić information content (AvgIpc) is 3.08. The van der Waals surface area contributed by atoms with Crippen LogP contribution in [0.4, 0.5) is 10.1 Å². The van der Waals surface area contributed by atoms with Crippen molar-refractivity contribution in [2.45, 2.75) is 19.9 Å². The molecule has 33 heavy (non-hydrogen) atoms. The van der Waals surface area contributed by atoms with Gasteiger partial charge in [0.2, 0.25) is 0 Å². The standard InChI is InChI=1S/C25H24FN3O3S/c1-5-32-24(31)21-15(2)27-25-29(22(21)17-8-10-18(26)11-9-17)23(30)20(33-25)14-16-6-12-19(13-7-16)28(3)4/h6-14,22H,5H2,1-4H3/b20-14+/t22-/m1/s1. The minimum absolute atomic E-state index is 0.194. The van der Waals surface area contributed by atoms with Crippen molar-refractivity contribution in [2.75, 3.05) is 25.6 Å². The van der Waals surface area contributed by atoms with E-state index in [4.69, 9.17) is 4.74 Å². The molecule has 0 bridgehead atoms. The van der Waals surface area contributed by atoms with Crippen molar-refractivity contribution in [3.05, 3.63) is 96.4 Å². The van der Waals surface area contributed by atoms with Gasteiger partial charge in [0, 0.05) is 19.8 Å². The molecule has 0 saturated heterocycles. The van der Waals surface area contributed by atoms with Gasteiger partial charge in [-0.15, -0.1) is 0 Å². The third kappa shape index (κ3) is 4.39. The number of rotatable bonds is 5. The number of anilines is 1. The van der Waals surface area contributed by atoms with Gasteiger partial charge in [0.25, 0.3) is 5.56 Å². The monoisotopic (exact) mass is 465 g/mol. The number of halogens is 1. The van der Waals surface area contributed by atoms with Crippen LogP contribution >= 0.6 is 11.3 Å². The molecule has 1 aromatic heterocycles. The molecule has 170 valence electrons. The van der Waals surface area contributed by atoms with E-state index < -0.39 is 17.8 Å². The van der Waals surface area contributed by atoms with Crippen molar-refractivity contribution in [1.29, 1.82) is 0 Å². The van der Waals surface area contributed by atoms with Crippen LogP contribution in [0.2, 0.25) is 0 Å². The Hall–Kier alpha value is -3.52. The molecule has 4 rings (SSSR count). The van der Waals surface area contributed by atoms with Crippen LogP contribution in [0, 0.1) is 5.82 Å². The first kappa shape index (κ1) is 22.7. The lowest BCUT2D eigenvalue weighted by atomic mass is 9.96. The van der Waals surface area contributed by atoms with E-state index >= 15 is 0 Å². The topological polar surface area (TPSA) is 63.9 Å². The average molecular weight is 466 g/mol. The van der Waals surface area contributed by atoms with Crippen LogP contribution in [-0.4, -0.2) is 31.2 Å². The summed E-state index contributed by atoms with van der Waals surface area (Å²) in [6, 6.07) is 12.9. The summed E-state index contributed by atoms with van der Waals surface area (Å²) in [5, 5.41) is 0. The fourth-order valence-corrected chi connectivity index (χ4v) is 4.82. The quantitative estimate of drug-likeness (QED) is 0.544. The zero-order valence-corrected chi connectivity index (χ0v) is 19.6. The second-order valence-electron chi connectivity index (χ2n) is 7.84. The number of hydrogen-bond donors (Lipinski definition) is 0. The highest BCUT2D eigenvalue weighted by atomic mass is 32.1. The molecule has 0 fully saturated rings. The van der Waals surface area contributed by atoms with Crippen LogP contribution in [-0.2, 0) is 9.53 Å². The summed E-state index contributed by atoms with van der Waals surface area (Å²) in [5.74, 6) is -0.938. The summed E-state index contributed by atoms with van der Waals surface area (Å²) in [6.45, 7) is 3.64. The van der Waals surface area contributed by atoms with Gasteiger partial charge in [-0.05, 0) is 55.3 Å². The van der Waals surface area contributed by atoms with Gasteiger partial charge in [0.05, 0.1) is 28.5 Å². The lowest BCUT2D eigenvalue weighted by molar-refractivity contribution is -0.139. The van der Waals surface area contributed by atoms with Crippen molar-refractivity contribution in [1.82, 2.24) is 4.57 Å². The van der Waals surface area contributed by atoms with E-state index in [9.17, 15) is 14.0 Å². The number of aromatic nitrogens is 1. The lowest BCUT2D eigenvalue weighted by Gasteiger charge is -2.24. The molecule has 2 aromatic carbocycles. The predicted molar refractivity (Wildman–Crippen MR) is 128 cm³/mol. The zero-order chi connectivity index (χ0) is 23.7. The van der Waals surface area contributed by atoms with Crippen molar-refractivity contribution in [3.63, 3.8) is 0 Å². The smallest absolute Gasteiger partial charge is 0.338 e. The molecule has 0 saturated carbocycles. The van der Waals surface area contributed by atoms with Crippen molar-refractivity contribution < 1.29 is 13.9 Å². The molecular formula is C25H24FN3O3S. The second-order valence-corrected chi connectivity index (χ2v) is 8.85. The number of carbonyl (C=O) groups is 1. The molecule has 6 nitrogen and oxygen atoms in total. The van der Waals surface area contributed by atoms with Crippen molar-refractivity contribution in [2.24, 2.45) is 4.99 Å². The first-order valence-electron chi connectivity index (χ1n) is 10.5. The highest BCUT2D eigenvalue weighted by molar-refractivity contribution is 7.07. The number of ether oxygens (including phenoxy) is 1. The van der Waals surface area contributed by atoms with E-state index in [2.05, 4.69) is 4.99 Å². The zero-order valence-electron chi connectivity index (χ0n) is 18.8. The number of nitrogens with zero attached hydrogens (tertiary/aromatic N) is 3. The molecule has 0 unspecified atom stereocenters. The molecule has 0 amide bonds. The normalized spacial score (nSPS) is 15.8. The fraction of sp³-hybridized carbons (Fsp3) is 0.240. The van der Waals surface area contributed by atoms with Gasteiger partial charge in [0.1, 0.15) is 5.82 Å². The SMILES string of the molecule is CCOC(=O)C1=C(C)N=c2s/c(=C/c3ccc(N(C)C)cc3)c(=O)n2[C@@H]1c1ccc(F)cc1. The summed E-state index contributed by atoms with van der Waals surface area (Å²) in [6.07, 6.45) is 1.81. The van der Waals surface area contributed by atoms with Crippen LogP contribution in [0.25, 0.3) is 6.08 Å². The number of allylic oxidation sites excluding steroid dienone is 1. The summed E-state index contributed by atoms with van der Waals surface area (Å²) >= 11 is 1.26. The van der Waals surface area contributed by atoms with E-state index in [1.54, 1.807) is 26.0 Å². The molecule has 2 heterocycles. The third-order valence-electron chi connectivity index (χ3n) is 5.41. The number of benzene rings is 2. The third-order valence-corrected chi connectivity index (χ3v) is 6.39. The predicted octanol–water partition coefficient (Wildman–Crippen LogP) is 3.00. The lowest BCUT2D eigenvalue weighted by Crippen LogP contribution is -2.39. The van der Waals surface area contributed by atoms with Crippen LogP contribution in [0.5, 0.6) is 0 Å². The van der Waals surface area contributed by atoms with Crippen LogP contribution in [0.15, 0.2) is 69.6 Å². The van der Waals surface area contributed by atoms with E-state index in [0.717, 1.165) is 11.3 Å². The largest absolute Gasteiger partial charge is 0.463 e. The number of fused-ring (bicyclic) bond motifs is 1. The number of hydrogen-bond acceptors (Lipinski definition) is 6. The number of esters is 1. The molecule has 1 aliphatic rings. The van der Waals surface area contributed by atoms with Gasteiger partial charge in [-0.1, -0.05) is 35.6 Å². The van der Waals surface area contributed by atoms with Gasteiger partial charge in [-0.3, -0.25) is 9.36 Å². The summed E-state index contributed by atoms with van der Waals surface area (Å²) in [7, 11) is 3.93. The highest BCUT2D eigenvalue weighted by Crippen LogP contribution is 2.30. The van der Waals surface area contributed by atoms with E-state index in [0.29, 0.717) is 20.6 Å². The minimum atomic E-state index is -0.751. The summed E-state index contributed by atoms with van der Waals surface area (Å²) in [4.78, 5) is 33.4. The van der Waals surface area contributed by atoms with E-state index in [-0.39, 0.29) is 17.7 Å². The summed E-state index contributed by atoms with van der Waals surface area (Å²) in [5.41, 5.74) is 3.03. The first-order chi connectivity index (χ1) is 15.8. The molecule has 0 aliphatic carbocycles. The maximum absolute atomic E-state index is 13.6. The van der Waals surface area contributed by atoms with Gasteiger partial charge in [-0.2, -0.15) is 0 Å². The van der Waals surface area contributed by atoms with E-state index in [1.165, 1.54) is 28.0 Å². The summed E-state index contributed by atoms with van der Waals surface area (Å²) < 4.78 is 20.9. The Kier molecular flexibility index (Phi) is 6.29. The second kappa shape index (κ2) is 9.15. The first-order valence-corrected chi connectivity index (χ1v) is 11.3. The van der Waals surface area contributed by atoms with Crippen molar-refractivity contribution >= 4 is 29.1 Å². The molecule has 0 N–H and O–H groups in total. The number of carbonyl (C=O) groups excluding carboxylic acids is 1. The Labute approximate surface area is 194 Å². The van der Waals surface area contributed by atoms with Gasteiger partial charge in [-0.25, -0.2) is 14.2 Å². The molecule has 1 aliphatic heterocycles. The van der Waals surface area contributed by atoms with Crippen molar-refractivity contribution in [3.8, 4) is 0 Å². The Bertz CT molecular complexity index is 1400. The van der Waals surface area contributed by atoms with E-state index in [1.807, 2.05) is 49.3 Å². The van der Waals surface area contributed by atoms with Crippen LogP contribution < -0.4 is 19.8 Å². The number of thiazole rings is 1. The molecule has 8 heteroatoms. The Balaban J connectivity index is 1.90. The van der Waals surface area contributed by atoms with Gasteiger partial charge >= 0.3 is 5.97 Å².